The minimum atomic E-state index is 0. The normalized spacial score (nSPS) is 3.50. The monoisotopic (exact) mass is 511 g/mol. The molecule has 6 heteroatoms. The maximum absolute atomic E-state index is 8.81. The van der Waals surface area contributed by atoms with Gasteiger partial charge >= 0.3 is 0 Å². The summed E-state index contributed by atoms with van der Waals surface area (Å²) in [6.07, 6.45) is 3.75. The standard InChI is InChI=1S/C2H6O.5C2H4O.6C2H6.4CH4/c1-3-2;5*1-2-3;6*1-2;;;;/h1-2H3;5*2H,1H3;6*1-2H3;4*1H4. The van der Waals surface area contributed by atoms with E-state index in [1.165, 1.54) is 34.6 Å². The number of carbonyl (C=O) groups excluding carboxylic acids is 5. The molecule has 0 saturated heterocycles. The van der Waals surface area contributed by atoms with E-state index >= 15 is 0 Å². The lowest BCUT2D eigenvalue weighted by Gasteiger charge is -1.61. The Balaban J connectivity index is -0.00000000739. The van der Waals surface area contributed by atoms with Gasteiger partial charge in [0.2, 0.25) is 0 Å². The fraction of sp³-hybridized carbons (Fsp3) is 0.821. The number of rotatable bonds is 0. The zero-order chi connectivity index (χ0) is 28.2. The number of carbonyl (C=O) groups is 5. The Hall–Kier alpha value is -1.69. The molecule has 0 atom stereocenters. The number of hydrogen-bond donors (Lipinski definition) is 0. The van der Waals surface area contributed by atoms with Crippen LogP contribution >= 0.6 is 0 Å². The van der Waals surface area contributed by atoms with E-state index in [1.54, 1.807) is 14.2 Å². The first-order valence-corrected chi connectivity index (χ1v) is 10.9. The summed E-state index contributed by atoms with van der Waals surface area (Å²) in [5, 5.41) is 0. The molecule has 226 valence electrons. The van der Waals surface area contributed by atoms with Crippen molar-refractivity contribution in [2.75, 3.05) is 14.2 Å². The van der Waals surface area contributed by atoms with Crippen LogP contribution in [0.25, 0.3) is 0 Å². The molecule has 0 radical (unpaired) electrons. The first-order chi connectivity index (χ1) is 14.5. The molecule has 0 bridgehead atoms. The van der Waals surface area contributed by atoms with Gasteiger partial charge < -0.3 is 28.7 Å². The van der Waals surface area contributed by atoms with Crippen LogP contribution in [0.2, 0.25) is 0 Å². The molecule has 0 aliphatic carbocycles. The smallest absolute Gasteiger partial charge is 0.116 e. The number of methoxy groups -OCH3 is 1. The zero-order valence-electron chi connectivity index (χ0n) is 24.3. The minimum absolute atomic E-state index is 0. The van der Waals surface area contributed by atoms with Crippen molar-refractivity contribution in [2.45, 2.75) is 147 Å². The third kappa shape index (κ3) is 9120. The summed E-state index contributed by atoms with van der Waals surface area (Å²) in [5.74, 6) is 0. The number of ether oxygens (including phenoxy) is 1. The molecule has 0 aromatic rings. The van der Waals surface area contributed by atoms with Crippen LogP contribution in [0.1, 0.15) is 147 Å². The van der Waals surface area contributed by atoms with Crippen LogP contribution < -0.4 is 0 Å². The average molecular weight is 511 g/mol. The van der Waals surface area contributed by atoms with Crippen molar-refractivity contribution in [3.05, 3.63) is 0 Å². The lowest BCUT2D eigenvalue weighted by molar-refractivity contribution is -0.106. The van der Waals surface area contributed by atoms with E-state index < -0.39 is 0 Å². The first kappa shape index (κ1) is 119. The summed E-state index contributed by atoms with van der Waals surface area (Å²) in [7, 11) is 3.25. The Morgan fingerprint density at radius 3 is 0.324 bits per heavy atom. The second kappa shape index (κ2) is 1550. The second-order valence-corrected chi connectivity index (χ2v) is 1.59. The van der Waals surface area contributed by atoms with Crippen molar-refractivity contribution >= 4 is 31.4 Å². The van der Waals surface area contributed by atoms with Crippen LogP contribution in [0.15, 0.2) is 0 Å². The molecule has 0 N–H and O–H groups in total. The fourth-order valence-corrected chi connectivity index (χ4v) is 0. The molecule has 0 rings (SSSR count). The predicted molar refractivity (Wildman–Crippen MR) is 167 cm³/mol. The predicted octanol–water partition coefficient (Wildman–Crippen LogP) is 9.99. The van der Waals surface area contributed by atoms with Crippen LogP contribution in [0, 0.1) is 0 Å². The first-order valence-electron chi connectivity index (χ1n) is 10.9. The molecule has 34 heavy (non-hydrogen) atoms. The van der Waals surface area contributed by atoms with Gasteiger partial charge in [0.1, 0.15) is 31.4 Å². The van der Waals surface area contributed by atoms with E-state index in [9.17, 15) is 0 Å². The van der Waals surface area contributed by atoms with Gasteiger partial charge in [0.05, 0.1) is 0 Å². The van der Waals surface area contributed by atoms with E-state index in [-0.39, 0.29) is 29.7 Å². The van der Waals surface area contributed by atoms with Crippen LogP contribution in [0.3, 0.4) is 0 Å². The molecule has 0 aliphatic heterocycles. The van der Waals surface area contributed by atoms with E-state index in [0.29, 0.717) is 0 Å². The summed E-state index contributed by atoms with van der Waals surface area (Å²) in [6, 6.07) is 0. The lowest BCUT2D eigenvalue weighted by atomic mass is 11.0. The summed E-state index contributed by atoms with van der Waals surface area (Å²) in [6.45, 7) is 31.2. The molecule has 0 saturated carbocycles. The van der Waals surface area contributed by atoms with Crippen molar-refractivity contribution in [2.24, 2.45) is 0 Å². The Bertz CT molecular complexity index is 106. The molecule has 0 aromatic carbocycles. The van der Waals surface area contributed by atoms with Gasteiger partial charge in [0.15, 0.2) is 0 Å². The molecule has 0 spiro atoms. The van der Waals surface area contributed by atoms with Crippen molar-refractivity contribution in [3.63, 3.8) is 0 Å². The molecule has 0 heterocycles. The van der Waals surface area contributed by atoms with Crippen molar-refractivity contribution < 1.29 is 28.7 Å². The van der Waals surface area contributed by atoms with Crippen LogP contribution in [-0.4, -0.2) is 45.7 Å². The van der Waals surface area contributed by atoms with E-state index in [2.05, 4.69) is 4.74 Å². The fourth-order valence-electron chi connectivity index (χ4n) is 0. The third-order valence-corrected chi connectivity index (χ3v) is 0. The van der Waals surface area contributed by atoms with E-state index in [0.717, 1.165) is 31.4 Å². The highest BCUT2D eigenvalue weighted by atomic mass is 16.4. The highest BCUT2D eigenvalue weighted by Gasteiger charge is 1.26. The topological polar surface area (TPSA) is 94.6 Å². The Kier molecular flexibility index (Phi) is 5420. The van der Waals surface area contributed by atoms with Gasteiger partial charge in [-0.25, -0.2) is 0 Å². The highest BCUT2D eigenvalue weighted by Crippen LogP contribution is 1.28. The maximum Gasteiger partial charge on any atom is 0.116 e. The van der Waals surface area contributed by atoms with Crippen molar-refractivity contribution in [1.82, 2.24) is 0 Å². The molecule has 6 nitrogen and oxygen atoms in total. The largest absolute Gasteiger partial charge is 0.388 e. The molecular formula is C28H78O6. The van der Waals surface area contributed by atoms with E-state index in [1.807, 2.05) is 83.1 Å². The van der Waals surface area contributed by atoms with Crippen LogP contribution in [0.4, 0.5) is 0 Å². The summed E-state index contributed by atoms with van der Waals surface area (Å²) < 4.78 is 4.25. The average Bonchev–Trinajstić information content (AvgIpc) is 2.80. The third-order valence-electron chi connectivity index (χ3n) is 0. The highest BCUT2D eigenvalue weighted by molar-refractivity contribution is 5.45. The Morgan fingerprint density at radius 1 is 0.324 bits per heavy atom. The van der Waals surface area contributed by atoms with Gasteiger partial charge in [-0.1, -0.05) is 113 Å². The van der Waals surface area contributed by atoms with E-state index in [4.69, 9.17) is 24.0 Å². The van der Waals surface area contributed by atoms with Gasteiger partial charge in [0.25, 0.3) is 0 Å². The lowest BCUT2D eigenvalue weighted by Crippen LogP contribution is -1.55. The molecule has 0 unspecified atom stereocenters. The second-order valence-electron chi connectivity index (χ2n) is 1.59. The molecule has 0 aliphatic rings. The molecule has 0 fully saturated rings. The quantitative estimate of drug-likeness (QED) is 0.301. The van der Waals surface area contributed by atoms with Gasteiger partial charge in [-0.3, -0.25) is 0 Å². The van der Waals surface area contributed by atoms with Gasteiger partial charge in [-0.2, -0.15) is 0 Å². The molecule has 0 aromatic heterocycles. The van der Waals surface area contributed by atoms with Crippen molar-refractivity contribution in [3.8, 4) is 0 Å². The van der Waals surface area contributed by atoms with Gasteiger partial charge in [-0.15, -0.1) is 0 Å². The SMILES string of the molecule is C.C.C.C.CC.CC.CC.CC.CC.CC.CC=O.CC=O.CC=O.CC=O.CC=O.COC. The Morgan fingerprint density at radius 2 is 0.324 bits per heavy atom. The summed E-state index contributed by atoms with van der Waals surface area (Å²) >= 11 is 0. The maximum atomic E-state index is 8.81. The zero-order valence-corrected chi connectivity index (χ0v) is 24.3. The summed E-state index contributed by atoms with van der Waals surface area (Å²) in [5.41, 5.74) is 0. The number of aldehydes is 5. The molecular weight excluding hydrogens is 432 g/mol. The number of hydrogen-bond acceptors (Lipinski definition) is 6. The van der Waals surface area contributed by atoms with Crippen molar-refractivity contribution in [1.29, 1.82) is 0 Å². The molecule has 0 amide bonds. The Labute approximate surface area is 222 Å². The van der Waals surface area contributed by atoms with Gasteiger partial charge in [0, 0.05) is 14.2 Å². The van der Waals surface area contributed by atoms with Gasteiger partial charge in [-0.05, 0) is 34.6 Å². The summed E-state index contributed by atoms with van der Waals surface area (Å²) in [4.78, 5) is 44.0. The minimum Gasteiger partial charge on any atom is -0.388 e. The van der Waals surface area contributed by atoms with Crippen LogP contribution in [-0.2, 0) is 28.7 Å². The van der Waals surface area contributed by atoms with Crippen LogP contribution in [0.5, 0.6) is 0 Å².